The predicted molar refractivity (Wildman–Crippen MR) is 130 cm³/mol. The molecule has 1 atom stereocenters. The largest absolute Gasteiger partial charge is 0.449 e. The maximum absolute atomic E-state index is 14.1. The van der Waals surface area contributed by atoms with E-state index in [1.165, 1.54) is 12.1 Å². The van der Waals surface area contributed by atoms with E-state index in [0.717, 1.165) is 18.4 Å². The molecule has 5 nitrogen and oxygen atoms in total. The molecule has 3 aromatic rings. The Bertz CT molecular complexity index is 1210. The van der Waals surface area contributed by atoms with Crippen molar-refractivity contribution in [1.29, 1.82) is 0 Å². The van der Waals surface area contributed by atoms with Crippen LogP contribution >= 0.6 is 11.6 Å². The summed E-state index contributed by atoms with van der Waals surface area (Å²) in [5, 5.41) is 3.39. The number of carbonyl (C=O) groups excluding carboxylic acids is 1. The Balaban J connectivity index is 1.79. The number of hydrogen-bond acceptors (Lipinski definition) is 4. The van der Waals surface area contributed by atoms with Crippen LogP contribution in [0.4, 0.5) is 4.39 Å². The van der Waals surface area contributed by atoms with Crippen molar-refractivity contribution in [1.82, 2.24) is 15.2 Å². The molecule has 1 aliphatic rings. The van der Waals surface area contributed by atoms with Crippen molar-refractivity contribution in [3.8, 4) is 11.3 Å². The van der Waals surface area contributed by atoms with Crippen LogP contribution in [-0.2, 0) is 5.41 Å². The molecule has 33 heavy (non-hydrogen) atoms. The summed E-state index contributed by atoms with van der Waals surface area (Å²) in [5.74, 6) is -0.353. The van der Waals surface area contributed by atoms with Gasteiger partial charge in [-0.2, -0.15) is 0 Å². The summed E-state index contributed by atoms with van der Waals surface area (Å²) < 4.78 is 20.3. The highest BCUT2D eigenvalue weighted by Gasteiger charge is 2.39. The van der Waals surface area contributed by atoms with Gasteiger partial charge in [-0.3, -0.25) is 4.79 Å². The number of piperidine rings is 1. The fraction of sp³-hybridized carbons (Fsp3) is 0.462. The molecule has 0 bridgehead atoms. The minimum Gasteiger partial charge on any atom is -0.449 e. The summed E-state index contributed by atoms with van der Waals surface area (Å²) in [6, 6.07) is 8.65. The quantitative estimate of drug-likeness (QED) is 0.495. The minimum atomic E-state index is -0.497. The highest BCUT2D eigenvalue weighted by Crippen LogP contribution is 2.36. The number of fused-ring (bicyclic) bond motifs is 1. The molecule has 0 saturated carbocycles. The van der Waals surface area contributed by atoms with Crippen LogP contribution < -0.4 is 5.32 Å². The maximum atomic E-state index is 14.1. The first-order valence-corrected chi connectivity index (χ1v) is 11.7. The number of rotatable bonds is 3. The lowest BCUT2D eigenvalue weighted by atomic mass is 9.86. The fourth-order valence-corrected chi connectivity index (χ4v) is 4.76. The van der Waals surface area contributed by atoms with Gasteiger partial charge in [0.1, 0.15) is 11.3 Å². The van der Waals surface area contributed by atoms with Crippen molar-refractivity contribution < 1.29 is 13.6 Å². The summed E-state index contributed by atoms with van der Waals surface area (Å²) in [6.45, 7) is 11.0. The molecule has 1 saturated heterocycles. The van der Waals surface area contributed by atoms with Gasteiger partial charge in [0, 0.05) is 35.3 Å². The fourth-order valence-electron chi connectivity index (χ4n) is 4.65. The normalized spacial score (nSPS) is 18.7. The number of aromatic nitrogens is 1. The van der Waals surface area contributed by atoms with Crippen molar-refractivity contribution in [3.63, 3.8) is 0 Å². The van der Waals surface area contributed by atoms with E-state index in [1.54, 1.807) is 12.1 Å². The molecule has 1 fully saturated rings. The predicted octanol–water partition coefficient (Wildman–Crippen LogP) is 6.19. The lowest BCUT2D eigenvalue weighted by Gasteiger charge is -2.45. The maximum Gasteiger partial charge on any atom is 0.290 e. The second-order valence-electron chi connectivity index (χ2n) is 10.5. The number of nitrogens with zero attached hydrogens (tertiary/aromatic N) is 2. The molecule has 4 rings (SSSR count). The molecular weight excluding hydrogens is 441 g/mol. The lowest BCUT2D eigenvalue weighted by Crippen LogP contribution is -2.56. The van der Waals surface area contributed by atoms with Gasteiger partial charge in [0.2, 0.25) is 0 Å². The van der Waals surface area contributed by atoms with E-state index in [-0.39, 0.29) is 27.6 Å². The van der Waals surface area contributed by atoms with Crippen LogP contribution in [0, 0.1) is 5.82 Å². The van der Waals surface area contributed by atoms with Crippen LogP contribution in [0.3, 0.4) is 0 Å². The zero-order valence-corrected chi connectivity index (χ0v) is 20.8. The number of amides is 1. The third-order valence-electron chi connectivity index (χ3n) is 6.54. The first kappa shape index (κ1) is 23.7. The van der Waals surface area contributed by atoms with Gasteiger partial charge >= 0.3 is 0 Å². The number of likely N-dealkylation sites (tertiary alicyclic amines) is 1. The number of benzene rings is 1. The van der Waals surface area contributed by atoms with E-state index in [4.69, 9.17) is 21.0 Å². The Morgan fingerprint density at radius 2 is 2.00 bits per heavy atom. The van der Waals surface area contributed by atoms with E-state index in [2.05, 4.69) is 39.9 Å². The third-order valence-corrected chi connectivity index (χ3v) is 6.85. The average molecular weight is 472 g/mol. The topological polar surface area (TPSA) is 58.4 Å². The second kappa shape index (κ2) is 8.41. The SMILES string of the molecule is CN[C@H]1CCN(C(=O)c2cc3nc(-c4ccc(Cl)c(F)c4)cc(C(C)(C)C)c3o2)C(C)(C)C1. The molecule has 0 aliphatic carbocycles. The Hall–Kier alpha value is -2.44. The smallest absolute Gasteiger partial charge is 0.290 e. The Kier molecular flexibility index (Phi) is 6.04. The van der Waals surface area contributed by atoms with Gasteiger partial charge in [0.15, 0.2) is 11.3 Å². The van der Waals surface area contributed by atoms with Crippen LogP contribution in [0.15, 0.2) is 34.7 Å². The molecule has 1 N–H and O–H groups in total. The molecule has 7 heteroatoms. The number of pyridine rings is 1. The summed E-state index contributed by atoms with van der Waals surface area (Å²) in [6.07, 6.45) is 1.76. The first-order chi connectivity index (χ1) is 15.4. The van der Waals surface area contributed by atoms with Crippen molar-refractivity contribution in [2.75, 3.05) is 13.6 Å². The minimum absolute atomic E-state index is 0.0664. The molecule has 176 valence electrons. The summed E-state index contributed by atoms with van der Waals surface area (Å²) in [5.41, 5.74) is 2.74. The summed E-state index contributed by atoms with van der Waals surface area (Å²) >= 11 is 5.86. The molecule has 0 unspecified atom stereocenters. The van der Waals surface area contributed by atoms with Gasteiger partial charge in [-0.25, -0.2) is 9.37 Å². The van der Waals surface area contributed by atoms with Gasteiger partial charge in [0.05, 0.1) is 10.7 Å². The third kappa shape index (κ3) is 4.51. The van der Waals surface area contributed by atoms with Crippen LogP contribution in [0.25, 0.3) is 22.4 Å². The van der Waals surface area contributed by atoms with E-state index >= 15 is 0 Å². The zero-order chi connectivity index (χ0) is 24.1. The van der Waals surface area contributed by atoms with Crippen molar-refractivity contribution in [2.45, 2.75) is 64.5 Å². The Labute approximate surface area is 199 Å². The monoisotopic (exact) mass is 471 g/mol. The zero-order valence-electron chi connectivity index (χ0n) is 20.1. The second-order valence-corrected chi connectivity index (χ2v) is 10.9. The van der Waals surface area contributed by atoms with Crippen LogP contribution in [-0.4, -0.2) is 41.0 Å². The molecule has 0 radical (unpaired) electrons. The molecule has 2 aromatic heterocycles. The van der Waals surface area contributed by atoms with Gasteiger partial charge < -0.3 is 14.6 Å². The molecule has 1 aliphatic heterocycles. The van der Waals surface area contributed by atoms with E-state index in [1.807, 2.05) is 18.0 Å². The van der Waals surface area contributed by atoms with Crippen LogP contribution in [0.5, 0.6) is 0 Å². The number of hydrogen-bond donors (Lipinski definition) is 1. The van der Waals surface area contributed by atoms with Crippen molar-refractivity contribution in [2.24, 2.45) is 0 Å². The number of halogens is 2. The van der Waals surface area contributed by atoms with Gasteiger partial charge in [-0.15, -0.1) is 0 Å². The van der Waals surface area contributed by atoms with Crippen molar-refractivity contribution >= 4 is 28.6 Å². The number of nitrogens with one attached hydrogen (secondary N) is 1. The standard InChI is InChI=1S/C26H31ClFN3O2/c1-25(2,3)17-12-20(15-7-8-18(27)19(28)11-15)30-21-13-22(33-23(17)21)24(32)31-10-9-16(29-6)14-26(31,4)5/h7-8,11-13,16,29H,9-10,14H2,1-6H3/t16-/m0/s1. The van der Waals surface area contributed by atoms with E-state index in [9.17, 15) is 9.18 Å². The number of furan rings is 1. The van der Waals surface area contributed by atoms with Gasteiger partial charge in [0.25, 0.3) is 5.91 Å². The summed E-state index contributed by atoms with van der Waals surface area (Å²) in [7, 11) is 1.96. The van der Waals surface area contributed by atoms with Crippen LogP contribution in [0.1, 0.15) is 63.6 Å². The van der Waals surface area contributed by atoms with E-state index < -0.39 is 5.82 Å². The van der Waals surface area contributed by atoms with E-state index in [0.29, 0.717) is 34.9 Å². The highest BCUT2D eigenvalue weighted by molar-refractivity contribution is 6.30. The van der Waals surface area contributed by atoms with Crippen LogP contribution in [0.2, 0.25) is 5.02 Å². The highest BCUT2D eigenvalue weighted by atomic mass is 35.5. The molecular formula is C26H31ClFN3O2. The van der Waals surface area contributed by atoms with Crippen molar-refractivity contribution in [3.05, 3.63) is 52.5 Å². The molecule has 0 spiro atoms. The molecule has 1 aromatic carbocycles. The lowest BCUT2D eigenvalue weighted by molar-refractivity contribution is 0.0348. The molecule has 3 heterocycles. The Morgan fingerprint density at radius 3 is 2.61 bits per heavy atom. The van der Waals surface area contributed by atoms with Gasteiger partial charge in [-0.1, -0.05) is 38.4 Å². The average Bonchev–Trinajstić information content (AvgIpc) is 3.17. The Morgan fingerprint density at radius 1 is 1.27 bits per heavy atom. The summed E-state index contributed by atoms with van der Waals surface area (Å²) in [4.78, 5) is 20.1. The first-order valence-electron chi connectivity index (χ1n) is 11.3. The molecule has 1 amide bonds. The van der Waals surface area contributed by atoms with Gasteiger partial charge in [-0.05, 0) is 57.4 Å². The number of carbonyl (C=O) groups is 1.